The van der Waals surface area contributed by atoms with E-state index in [0.29, 0.717) is 11.2 Å². The zero-order chi connectivity index (χ0) is 19.7. The normalized spacial score (nSPS) is 24.9. The van der Waals surface area contributed by atoms with Crippen LogP contribution in [0.5, 0.6) is 0 Å². The molecule has 3 heterocycles. The van der Waals surface area contributed by atoms with Gasteiger partial charge in [0.1, 0.15) is 24.3 Å². The molecule has 2 aromatic rings. The van der Waals surface area contributed by atoms with Crippen molar-refractivity contribution in [2.45, 2.75) is 38.4 Å². The molecular formula is C15H18ClN5O6. The zero-order valence-corrected chi connectivity index (χ0v) is 15.5. The molecule has 11 nitrogen and oxygen atoms in total. The first kappa shape index (κ1) is 19.3. The molecule has 146 valence electrons. The van der Waals surface area contributed by atoms with E-state index in [9.17, 15) is 9.59 Å². The number of hydrogen-bond donors (Lipinski definition) is 1. The van der Waals surface area contributed by atoms with Gasteiger partial charge in [0.25, 0.3) is 0 Å². The SMILES string of the molecule is COC1C(OC(C)=O)C(COC(C)=O)OC1n1cnc2c(Cl)nc(N)nc21. The lowest BCUT2D eigenvalue weighted by Crippen LogP contribution is -2.39. The monoisotopic (exact) mass is 399 g/mol. The lowest BCUT2D eigenvalue weighted by Gasteiger charge is -2.22. The Morgan fingerprint density at radius 1 is 1.30 bits per heavy atom. The van der Waals surface area contributed by atoms with Gasteiger partial charge in [-0.05, 0) is 0 Å². The molecule has 4 atom stereocenters. The topological polar surface area (TPSA) is 141 Å². The van der Waals surface area contributed by atoms with Crippen molar-refractivity contribution in [3.63, 3.8) is 0 Å². The van der Waals surface area contributed by atoms with E-state index in [0.717, 1.165) is 0 Å². The van der Waals surface area contributed by atoms with Gasteiger partial charge in [-0.2, -0.15) is 9.97 Å². The summed E-state index contributed by atoms with van der Waals surface area (Å²) < 4.78 is 23.4. The fraction of sp³-hybridized carbons (Fsp3) is 0.533. The average molecular weight is 400 g/mol. The van der Waals surface area contributed by atoms with Gasteiger partial charge >= 0.3 is 11.9 Å². The molecule has 1 fully saturated rings. The van der Waals surface area contributed by atoms with E-state index in [1.807, 2.05) is 0 Å². The van der Waals surface area contributed by atoms with Crippen LogP contribution in [0, 0.1) is 0 Å². The number of carbonyl (C=O) groups excluding carboxylic acids is 2. The van der Waals surface area contributed by atoms with Crippen LogP contribution in [0.2, 0.25) is 5.15 Å². The number of halogens is 1. The standard InChI is InChI=1S/C15H18ClN5O6/c1-6(22)25-4-8-10(26-7(2)23)11(24-3)14(27-8)21-5-18-9-12(16)19-15(17)20-13(9)21/h5,8,10-11,14H,4H2,1-3H3,(H2,17,19,20). The number of aromatic nitrogens is 4. The molecule has 2 aromatic heterocycles. The lowest BCUT2D eigenvalue weighted by molar-refractivity contribution is -0.157. The van der Waals surface area contributed by atoms with E-state index in [1.165, 1.54) is 27.3 Å². The Balaban J connectivity index is 1.99. The van der Waals surface area contributed by atoms with Gasteiger partial charge in [0, 0.05) is 21.0 Å². The molecule has 1 saturated heterocycles. The summed E-state index contributed by atoms with van der Waals surface area (Å²) in [5.74, 6) is -1.04. The highest BCUT2D eigenvalue weighted by Gasteiger charge is 2.49. The third kappa shape index (κ3) is 3.80. The van der Waals surface area contributed by atoms with Crippen molar-refractivity contribution in [1.29, 1.82) is 0 Å². The maximum atomic E-state index is 11.5. The maximum Gasteiger partial charge on any atom is 0.303 e. The van der Waals surface area contributed by atoms with E-state index in [2.05, 4.69) is 15.0 Å². The Bertz CT molecular complexity index is 874. The maximum absolute atomic E-state index is 11.5. The zero-order valence-electron chi connectivity index (χ0n) is 14.8. The summed E-state index contributed by atoms with van der Waals surface area (Å²) in [5.41, 5.74) is 6.33. The summed E-state index contributed by atoms with van der Waals surface area (Å²) in [6.45, 7) is 2.42. The van der Waals surface area contributed by atoms with E-state index < -0.39 is 36.5 Å². The molecule has 0 amide bonds. The summed E-state index contributed by atoms with van der Waals surface area (Å²) >= 11 is 6.06. The Labute approximate surface area is 158 Å². The van der Waals surface area contributed by atoms with Crippen molar-refractivity contribution < 1.29 is 28.5 Å². The number of anilines is 1. The van der Waals surface area contributed by atoms with Crippen LogP contribution in [0.3, 0.4) is 0 Å². The second-order valence-electron chi connectivity index (χ2n) is 5.84. The Kier molecular flexibility index (Phi) is 5.44. The fourth-order valence-electron chi connectivity index (χ4n) is 2.93. The summed E-state index contributed by atoms with van der Waals surface area (Å²) in [6, 6.07) is 0. The van der Waals surface area contributed by atoms with Crippen LogP contribution in [0.4, 0.5) is 5.95 Å². The minimum absolute atomic E-state index is 0.0331. The first-order valence-electron chi connectivity index (χ1n) is 7.96. The minimum atomic E-state index is -0.816. The summed E-state index contributed by atoms with van der Waals surface area (Å²) in [5, 5.41) is 0.0937. The number of nitrogen functional groups attached to an aromatic ring is 1. The molecule has 0 radical (unpaired) electrons. The van der Waals surface area contributed by atoms with Gasteiger partial charge in [-0.3, -0.25) is 14.2 Å². The molecular weight excluding hydrogens is 382 g/mol. The second-order valence-corrected chi connectivity index (χ2v) is 6.20. The summed E-state index contributed by atoms with van der Waals surface area (Å²) in [4.78, 5) is 34.9. The van der Waals surface area contributed by atoms with Gasteiger partial charge in [-0.1, -0.05) is 11.6 Å². The smallest absolute Gasteiger partial charge is 0.303 e. The Hall–Kier alpha value is -2.50. The second kappa shape index (κ2) is 7.62. The van der Waals surface area contributed by atoms with Gasteiger partial charge in [-0.15, -0.1) is 0 Å². The number of imidazole rings is 1. The third-order valence-corrected chi connectivity index (χ3v) is 4.24. The number of esters is 2. The number of carbonyl (C=O) groups is 2. The number of nitrogens with zero attached hydrogens (tertiary/aromatic N) is 4. The number of nitrogens with two attached hydrogens (primary N) is 1. The van der Waals surface area contributed by atoms with Crippen LogP contribution in [0.25, 0.3) is 11.2 Å². The van der Waals surface area contributed by atoms with Crippen LogP contribution in [0.1, 0.15) is 20.1 Å². The van der Waals surface area contributed by atoms with Crippen LogP contribution in [-0.2, 0) is 28.5 Å². The quantitative estimate of drug-likeness (QED) is 0.556. The number of rotatable bonds is 5. The number of hydrogen-bond acceptors (Lipinski definition) is 10. The molecule has 2 N–H and O–H groups in total. The van der Waals surface area contributed by atoms with Gasteiger partial charge in [0.2, 0.25) is 5.95 Å². The minimum Gasteiger partial charge on any atom is -0.463 e. The molecule has 1 aliphatic heterocycles. The molecule has 0 spiro atoms. The third-order valence-electron chi connectivity index (χ3n) is 3.98. The van der Waals surface area contributed by atoms with Crippen molar-refractivity contribution in [2.75, 3.05) is 19.5 Å². The number of ether oxygens (including phenoxy) is 4. The Morgan fingerprint density at radius 2 is 2.04 bits per heavy atom. The van der Waals surface area contributed by atoms with Crippen LogP contribution >= 0.6 is 11.6 Å². The predicted octanol–water partition coefficient (Wildman–Crippen LogP) is 0.469. The van der Waals surface area contributed by atoms with Gasteiger partial charge in [0.05, 0.1) is 6.33 Å². The van der Waals surface area contributed by atoms with Crippen LogP contribution < -0.4 is 5.73 Å². The first-order valence-corrected chi connectivity index (χ1v) is 8.34. The molecule has 0 aliphatic carbocycles. The molecule has 3 rings (SSSR count). The molecule has 0 aromatic carbocycles. The lowest BCUT2D eigenvalue weighted by atomic mass is 10.1. The highest BCUT2D eigenvalue weighted by molar-refractivity contribution is 6.33. The number of fused-ring (bicyclic) bond motifs is 1. The van der Waals surface area contributed by atoms with Gasteiger partial charge < -0.3 is 24.7 Å². The van der Waals surface area contributed by atoms with Gasteiger partial charge in [0.15, 0.2) is 23.1 Å². The highest BCUT2D eigenvalue weighted by Crippen LogP contribution is 2.36. The van der Waals surface area contributed by atoms with Crippen LogP contribution in [-0.4, -0.2) is 63.5 Å². The van der Waals surface area contributed by atoms with E-state index >= 15 is 0 Å². The average Bonchev–Trinajstić information content (AvgIpc) is 3.13. The van der Waals surface area contributed by atoms with Crippen LogP contribution in [0.15, 0.2) is 6.33 Å². The molecule has 0 bridgehead atoms. The van der Waals surface area contributed by atoms with Crippen molar-refractivity contribution >= 4 is 40.7 Å². The molecule has 0 saturated carbocycles. The molecule has 4 unspecified atom stereocenters. The first-order chi connectivity index (χ1) is 12.8. The summed E-state index contributed by atoms with van der Waals surface area (Å²) in [6.07, 6.45) is -1.62. The fourth-order valence-corrected chi connectivity index (χ4v) is 3.15. The van der Waals surface area contributed by atoms with E-state index in [4.69, 9.17) is 36.3 Å². The molecule has 27 heavy (non-hydrogen) atoms. The summed E-state index contributed by atoms with van der Waals surface area (Å²) in [7, 11) is 1.45. The predicted molar refractivity (Wildman–Crippen MR) is 91.6 cm³/mol. The number of methoxy groups -OCH3 is 1. The van der Waals surface area contributed by atoms with Crippen molar-refractivity contribution in [3.05, 3.63) is 11.5 Å². The molecule has 12 heteroatoms. The van der Waals surface area contributed by atoms with Gasteiger partial charge in [-0.25, -0.2) is 4.98 Å². The van der Waals surface area contributed by atoms with E-state index in [-0.39, 0.29) is 17.7 Å². The largest absolute Gasteiger partial charge is 0.463 e. The Morgan fingerprint density at radius 3 is 2.67 bits per heavy atom. The van der Waals surface area contributed by atoms with Crippen molar-refractivity contribution in [1.82, 2.24) is 19.5 Å². The van der Waals surface area contributed by atoms with Crippen molar-refractivity contribution in [3.8, 4) is 0 Å². The molecule has 1 aliphatic rings. The highest BCUT2D eigenvalue weighted by atomic mass is 35.5. The van der Waals surface area contributed by atoms with Crippen molar-refractivity contribution in [2.24, 2.45) is 0 Å². The van der Waals surface area contributed by atoms with E-state index in [1.54, 1.807) is 4.57 Å².